The van der Waals surface area contributed by atoms with Crippen molar-refractivity contribution in [2.75, 3.05) is 18.4 Å². The van der Waals surface area contributed by atoms with Gasteiger partial charge < -0.3 is 11.1 Å². The summed E-state index contributed by atoms with van der Waals surface area (Å²) in [7, 11) is 0. The topological polar surface area (TPSA) is 84.1 Å². The van der Waals surface area contributed by atoms with E-state index in [-0.39, 0.29) is 11.8 Å². The van der Waals surface area contributed by atoms with Gasteiger partial charge in [-0.15, -0.1) is 0 Å². The molecule has 3 N–H and O–H groups in total. The zero-order valence-electron chi connectivity index (χ0n) is 14.0. The monoisotopic (exact) mass is 343 g/mol. The number of hydrogen-bond donors (Lipinski definition) is 2. The number of benzene rings is 1. The Morgan fingerprint density at radius 3 is 2.84 bits per heavy atom. The van der Waals surface area contributed by atoms with Crippen LogP contribution in [0, 0.1) is 11.7 Å². The van der Waals surface area contributed by atoms with Crippen molar-refractivity contribution in [3.8, 4) is 0 Å². The number of carbonyl (C=O) groups is 1. The molecule has 0 spiro atoms. The lowest BCUT2D eigenvalue weighted by Crippen LogP contribution is -2.40. The molecule has 0 unspecified atom stereocenters. The van der Waals surface area contributed by atoms with E-state index in [1.807, 2.05) is 12.1 Å². The Labute approximate surface area is 146 Å². The summed E-state index contributed by atoms with van der Waals surface area (Å²) in [5, 5.41) is 3.08. The van der Waals surface area contributed by atoms with E-state index in [0.717, 1.165) is 50.4 Å². The van der Waals surface area contributed by atoms with Crippen LogP contribution in [0.15, 0.2) is 36.7 Å². The highest BCUT2D eigenvalue weighted by Gasteiger charge is 2.23. The van der Waals surface area contributed by atoms with E-state index >= 15 is 0 Å². The Morgan fingerprint density at radius 2 is 2.08 bits per heavy atom. The molecule has 7 heteroatoms. The second-order valence-electron chi connectivity index (χ2n) is 6.38. The summed E-state index contributed by atoms with van der Waals surface area (Å²) in [4.78, 5) is 21.4. The number of amides is 1. The number of hydrogen-bond acceptors (Lipinski definition) is 5. The predicted octanol–water partition coefficient (Wildman–Crippen LogP) is 1.93. The van der Waals surface area contributed by atoms with Gasteiger partial charge in [0.1, 0.15) is 0 Å². The molecule has 2 aromatic rings. The Kier molecular flexibility index (Phi) is 5.55. The van der Waals surface area contributed by atoms with Crippen molar-refractivity contribution < 1.29 is 9.18 Å². The highest BCUT2D eigenvalue weighted by Crippen LogP contribution is 2.19. The quantitative estimate of drug-likeness (QED) is 0.837. The van der Waals surface area contributed by atoms with Gasteiger partial charge in [-0.2, -0.15) is 0 Å². The first kappa shape index (κ1) is 17.3. The van der Waals surface area contributed by atoms with Crippen LogP contribution < -0.4 is 11.1 Å². The van der Waals surface area contributed by atoms with E-state index in [9.17, 15) is 9.18 Å². The summed E-state index contributed by atoms with van der Waals surface area (Å²) < 4.78 is 12.8. The van der Waals surface area contributed by atoms with Crippen molar-refractivity contribution >= 4 is 11.9 Å². The normalized spacial score (nSPS) is 18.0. The fourth-order valence-corrected chi connectivity index (χ4v) is 3.11. The number of nitrogens with two attached hydrogens (primary N) is 1. The summed E-state index contributed by atoms with van der Waals surface area (Å²) in [6, 6.07) is 8.21. The van der Waals surface area contributed by atoms with Crippen LogP contribution in [-0.2, 0) is 17.9 Å². The molecule has 1 aliphatic heterocycles. The lowest BCUT2D eigenvalue weighted by atomic mass is 9.97. The Bertz CT molecular complexity index is 722. The zero-order chi connectivity index (χ0) is 17.6. The third-order valence-corrected chi connectivity index (χ3v) is 4.38. The summed E-state index contributed by atoms with van der Waals surface area (Å²) in [6.45, 7) is 3.06. The van der Waals surface area contributed by atoms with Gasteiger partial charge in [-0.25, -0.2) is 14.4 Å². The van der Waals surface area contributed by atoms with Crippen LogP contribution in [0.25, 0.3) is 0 Å². The lowest BCUT2D eigenvalue weighted by Gasteiger charge is -2.31. The van der Waals surface area contributed by atoms with Crippen molar-refractivity contribution in [3.05, 3.63) is 53.6 Å². The maximum Gasteiger partial charge on any atom is 0.223 e. The molecule has 3 rings (SSSR count). The van der Waals surface area contributed by atoms with Crippen LogP contribution in [0.2, 0.25) is 0 Å². The molecule has 0 saturated carbocycles. The van der Waals surface area contributed by atoms with Crippen molar-refractivity contribution in [2.24, 2.45) is 11.7 Å². The smallest absolute Gasteiger partial charge is 0.223 e. The molecule has 1 saturated heterocycles. The maximum absolute atomic E-state index is 12.8. The van der Waals surface area contributed by atoms with Crippen molar-refractivity contribution in [1.29, 1.82) is 0 Å². The highest BCUT2D eigenvalue weighted by atomic mass is 19.1. The number of nitrogens with one attached hydrogen (secondary N) is 1. The average Bonchev–Trinajstić information content (AvgIpc) is 2.62. The molecule has 1 aromatic heterocycles. The summed E-state index contributed by atoms with van der Waals surface area (Å²) in [5.41, 5.74) is 7.72. The van der Waals surface area contributed by atoms with Gasteiger partial charge in [0, 0.05) is 19.6 Å². The van der Waals surface area contributed by atoms with Crippen LogP contribution in [0.1, 0.15) is 24.0 Å². The molecule has 1 fully saturated rings. The molecule has 1 aliphatic rings. The number of carbonyl (C=O) groups excluding carboxylic acids is 1. The number of likely N-dealkylation sites (tertiary alicyclic amines) is 1. The SMILES string of the molecule is NC(=O)[C@H]1CCCN(Cc2cccc(CNc3ncc(F)cn3)c2)C1. The van der Waals surface area contributed by atoms with E-state index in [1.54, 1.807) is 0 Å². The molecule has 1 aromatic carbocycles. The number of primary amides is 1. The number of piperidine rings is 1. The maximum atomic E-state index is 12.8. The summed E-state index contributed by atoms with van der Waals surface area (Å²) in [6.07, 6.45) is 4.15. The first-order chi connectivity index (χ1) is 12.1. The van der Waals surface area contributed by atoms with Crippen LogP contribution in [0.5, 0.6) is 0 Å². The molecular weight excluding hydrogens is 321 g/mol. The fourth-order valence-electron chi connectivity index (χ4n) is 3.11. The molecular formula is C18H22FN5O. The van der Waals surface area contributed by atoms with Crippen LogP contribution in [0.4, 0.5) is 10.3 Å². The summed E-state index contributed by atoms with van der Waals surface area (Å²) in [5.74, 6) is -0.313. The largest absolute Gasteiger partial charge is 0.369 e. The number of rotatable bonds is 6. The van der Waals surface area contributed by atoms with Crippen molar-refractivity contribution in [1.82, 2.24) is 14.9 Å². The number of halogens is 1. The molecule has 1 atom stereocenters. The van der Waals surface area contributed by atoms with Gasteiger partial charge in [-0.1, -0.05) is 24.3 Å². The average molecular weight is 343 g/mol. The molecule has 0 aliphatic carbocycles. The molecule has 132 valence electrons. The van der Waals surface area contributed by atoms with Gasteiger partial charge >= 0.3 is 0 Å². The minimum atomic E-state index is -0.455. The predicted molar refractivity (Wildman–Crippen MR) is 93.0 cm³/mol. The van der Waals surface area contributed by atoms with Crippen molar-refractivity contribution in [3.63, 3.8) is 0 Å². The first-order valence-corrected chi connectivity index (χ1v) is 8.41. The Morgan fingerprint density at radius 1 is 1.32 bits per heavy atom. The van der Waals surface area contributed by atoms with E-state index < -0.39 is 5.82 Å². The van der Waals surface area contributed by atoms with Gasteiger partial charge in [0.05, 0.1) is 18.3 Å². The van der Waals surface area contributed by atoms with Crippen molar-refractivity contribution in [2.45, 2.75) is 25.9 Å². The summed E-state index contributed by atoms with van der Waals surface area (Å²) >= 11 is 0. The molecule has 1 amide bonds. The minimum absolute atomic E-state index is 0.0470. The number of nitrogens with zero attached hydrogens (tertiary/aromatic N) is 3. The highest BCUT2D eigenvalue weighted by molar-refractivity contribution is 5.76. The van der Waals surface area contributed by atoms with Gasteiger partial charge in [0.2, 0.25) is 11.9 Å². The molecule has 6 nitrogen and oxygen atoms in total. The zero-order valence-corrected chi connectivity index (χ0v) is 14.0. The van der Waals surface area contributed by atoms with E-state index in [2.05, 4.69) is 32.3 Å². The van der Waals surface area contributed by atoms with E-state index in [4.69, 9.17) is 5.73 Å². The van der Waals surface area contributed by atoms with Crippen LogP contribution >= 0.6 is 0 Å². The molecule has 0 radical (unpaired) electrons. The Balaban J connectivity index is 1.57. The first-order valence-electron chi connectivity index (χ1n) is 8.41. The van der Waals surface area contributed by atoms with Gasteiger partial charge in [0.15, 0.2) is 5.82 Å². The lowest BCUT2D eigenvalue weighted by molar-refractivity contribution is -0.123. The molecule has 2 heterocycles. The Hall–Kier alpha value is -2.54. The number of anilines is 1. The standard InChI is InChI=1S/C18H22FN5O/c19-16-9-22-18(23-10-16)21-8-13-3-1-4-14(7-13)11-24-6-2-5-15(12-24)17(20)25/h1,3-4,7,9-10,15H,2,5-6,8,11-12H2,(H2,20,25)(H,21,22,23)/t15-/m0/s1. The van der Waals surface area contributed by atoms with Crippen LogP contribution in [0.3, 0.4) is 0 Å². The second-order valence-corrected chi connectivity index (χ2v) is 6.38. The van der Waals surface area contributed by atoms with E-state index in [0.29, 0.717) is 12.5 Å². The molecule has 25 heavy (non-hydrogen) atoms. The molecule has 0 bridgehead atoms. The number of aromatic nitrogens is 2. The third kappa shape index (κ3) is 4.96. The van der Waals surface area contributed by atoms with Crippen LogP contribution in [-0.4, -0.2) is 33.9 Å². The minimum Gasteiger partial charge on any atom is -0.369 e. The van der Waals surface area contributed by atoms with Gasteiger partial charge in [0.25, 0.3) is 0 Å². The van der Waals surface area contributed by atoms with E-state index in [1.165, 1.54) is 5.56 Å². The third-order valence-electron chi connectivity index (χ3n) is 4.38. The van der Waals surface area contributed by atoms with Gasteiger partial charge in [-0.3, -0.25) is 9.69 Å². The fraction of sp³-hybridized carbons (Fsp3) is 0.389. The second kappa shape index (κ2) is 8.02. The van der Waals surface area contributed by atoms with Gasteiger partial charge in [-0.05, 0) is 30.5 Å².